The number of ether oxygens (including phenoxy) is 2. The number of carbonyl (C=O) groups is 3. The third kappa shape index (κ3) is 4.97. The Labute approximate surface area is 157 Å². The molecule has 0 fully saturated rings. The predicted octanol–water partition coefficient (Wildman–Crippen LogP) is 2.97. The van der Waals surface area contributed by atoms with E-state index in [0.717, 1.165) is 5.69 Å². The maximum atomic E-state index is 12.3. The van der Waals surface area contributed by atoms with Crippen molar-refractivity contribution in [2.24, 2.45) is 0 Å². The number of amides is 2. The van der Waals surface area contributed by atoms with Crippen LogP contribution in [-0.4, -0.2) is 46.3 Å². The summed E-state index contributed by atoms with van der Waals surface area (Å²) < 4.78 is 9.37. The van der Waals surface area contributed by atoms with Gasteiger partial charge in [0, 0.05) is 25.5 Å². The molecule has 2 amide bonds. The van der Waals surface area contributed by atoms with E-state index in [1.54, 1.807) is 12.1 Å². The van der Waals surface area contributed by atoms with Gasteiger partial charge in [0.05, 0.1) is 31.0 Å². The molecule has 2 aromatic carbocycles. The summed E-state index contributed by atoms with van der Waals surface area (Å²) >= 11 is 0. The van der Waals surface area contributed by atoms with E-state index in [1.807, 2.05) is 31.1 Å². The van der Waals surface area contributed by atoms with Crippen LogP contribution < -0.4 is 15.5 Å². The van der Waals surface area contributed by atoms with Gasteiger partial charge in [0.2, 0.25) is 0 Å². The van der Waals surface area contributed by atoms with Crippen molar-refractivity contribution < 1.29 is 23.9 Å². The van der Waals surface area contributed by atoms with E-state index < -0.39 is 18.0 Å². The Hall–Kier alpha value is -3.55. The monoisotopic (exact) mass is 371 g/mol. The van der Waals surface area contributed by atoms with E-state index in [9.17, 15) is 14.4 Å². The second-order valence-electron chi connectivity index (χ2n) is 5.76. The Morgan fingerprint density at radius 2 is 1.48 bits per heavy atom. The summed E-state index contributed by atoms with van der Waals surface area (Å²) in [4.78, 5) is 37.9. The van der Waals surface area contributed by atoms with E-state index in [-0.39, 0.29) is 16.8 Å². The van der Waals surface area contributed by atoms with Crippen molar-refractivity contribution in [3.63, 3.8) is 0 Å². The molecule has 0 spiro atoms. The first kappa shape index (κ1) is 19.8. The largest absolute Gasteiger partial charge is 0.465 e. The molecule has 0 atom stereocenters. The van der Waals surface area contributed by atoms with Gasteiger partial charge in [0.15, 0.2) is 0 Å². The van der Waals surface area contributed by atoms with Crippen molar-refractivity contribution in [1.82, 2.24) is 0 Å². The van der Waals surface area contributed by atoms with Gasteiger partial charge in [-0.05, 0) is 42.5 Å². The number of carbonyl (C=O) groups excluding carboxylic acids is 3. The van der Waals surface area contributed by atoms with Gasteiger partial charge in [-0.25, -0.2) is 14.4 Å². The molecule has 0 aromatic heterocycles. The van der Waals surface area contributed by atoms with Crippen LogP contribution in [0, 0.1) is 0 Å². The first-order valence-corrected chi connectivity index (χ1v) is 8.01. The number of rotatable bonds is 5. The number of hydrogen-bond donors (Lipinski definition) is 2. The van der Waals surface area contributed by atoms with E-state index in [4.69, 9.17) is 4.74 Å². The summed E-state index contributed by atoms with van der Waals surface area (Å²) in [6.45, 7) is 0. The lowest BCUT2D eigenvalue weighted by Gasteiger charge is -2.14. The Kier molecular flexibility index (Phi) is 6.37. The van der Waals surface area contributed by atoms with Crippen molar-refractivity contribution in [3.05, 3.63) is 53.6 Å². The van der Waals surface area contributed by atoms with Crippen molar-refractivity contribution in [2.75, 3.05) is 43.8 Å². The lowest BCUT2D eigenvalue weighted by Crippen LogP contribution is -2.21. The summed E-state index contributed by atoms with van der Waals surface area (Å²) in [6.07, 6.45) is 0. The predicted molar refractivity (Wildman–Crippen MR) is 103 cm³/mol. The number of hydrogen-bond acceptors (Lipinski definition) is 6. The molecule has 2 N–H and O–H groups in total. The second-order valence-corrected chi connectivity index (χ2v) is 5.76. The van der Waals surface area contributed by atoms with Crippen LogP contribution in [0.4, 0.5) is 21.9 Å². The highest BCUT2D eigenvalue weighted by Gasteiger charge is 2.17. The van der Waals surface area contributed by atoms with Gasteiger partial charge in [0.25, 0.3) is 0 Å². The van der Waals surface area contributed by atoms with Crippen LogP contribution in [-0.2, 0) is 9.47 Å². The highest BCUT2D eigenvalue weighted by atomic mass is 16.5. The zero-order chi connectivity index (χ0) is 20.0. The number of nitrogens with zero attached hydrogens (tertiary/aromatic N) is 1. The number of methoxy groups -OCH3 is 2. The quantitative estimate of drug-likeness (QED) is 0.785. The maximum Gasteiger partial charge on any atom is 0.339 e. The Balaban J connectivity index is 2.21. The van der Waals surface area contributed by atoms with E-state index >= 15 is 0 Å². The van der Waals surface area contributed by atoms with Gasteiger partial charge in [-0.2, -0.15) is 0 Å². The van der Waals surface area contributed by atoms with Crippen molar-refractivity contribution >= 4 is 35.0 Å². The van der Waals surface area contributed by atoms with Crippen molar-refractivity contribution in [2.45, 2.75) is 0 Å². The maximum absolute atomic E-state index is 12.3. The van der Waals surface area contributed by atoms with E-state index in [0.29, 0.717) is 5.69 Å². The fourth-order valence-corrected chi connectivity index (χ4v) is 2.31. The van der Waals surface area contributed by atoms with Gasteiger partial charge in [-0.3, -0.25) is 0 Å². The Morgan fingerprint density at radius 1 is 0.852 bits per heavy atom. The molecule has 0 unspecified atom stereocenters. The summed E-state index contributed by atoms with van der Waals surface area (Å²) in [7, 11) is 6.30. The average molecular weight is 371 g/mol. The Bertz CT molecular complexity index is 847. The van der Waals surface area contributed by atoms with Crippen molar-refractivity contribution in [1.29, 1.82) is 0 Å². The molecule has 142 valence electrons. The van der Waals surface area contributed by atoms with Crippen molar-refractivity contribution in [3.8, 4) is 0 Å². The normalized spacial score (nSPS) is 9.93. The van der Waals surface area contributed by atoms with E-state index in [1.165, 1.54) is 32.4 Å². The third-order valence-corrected chi connectivity index (χ3v) is 3.74. The number of nitrogens with one attached hydrogen (secondary N) is 2. The number of anilines is 3. The van der Waals surface area contributed by atoms with Gasteiger partial charge >= 0.3 is 18.0 Å². The molecule has 2 aromatic rings. The topological polar surface area (TPSA) is 97.0 Å². The molecule has 0 radical (unpaired) electrons. The summed E-state index contributed by atoms with van der Waals surface area (Å²) in [5, 5.41) is 5.23. The highest BCUT2D eigenvalue weighted by Crippen LogP contribution is 2.21. The molecule has 0 aliphatic rings. The fraction of sp³-hybridized carbons (Fsp3) is 0.211. The fourth-order valence-electron chi connectivity index (χ4n) is 2.31. The first-order chi connectivity index (χ1) is 12.8. The molecule has 0 saturated carbocycles. The summed E-state index contributed by atoms with van der Waals surface area (Å²) in [6, 6.07) is 10.8. The lowest BCUT2D eigenvalue weighted by atomic mass is 10.1. The number of esters is 2. The molecule has 0 bridgehead atoms. The van der Waals surface area contributed by atoms with E-state index in [2.05, 4.69) is 15.4 Å². The highest BCUT2D eigenvalue weighted by molar-refractivity contribution is 6.06. The lowest BCUT2D eigenvalue weighted by molar-refractivity contribution is 0.0587. The van der Waals surface area contributed by atoms with Crippen LogP contribution in [0.5, 0.6) is 0 Å². The molecule has 0 aliphatic heterocycles. The van der Waals surface area contributed by atoms with Crippen LogP contribution in [0.25, 0.3) is 0 Å². The second kappa shape index (κ2) is 8.70. The van der Waals surface area contributed by atoms with Gasteiger partial charge in [-0.1, -0.05) is 0 Å². The molecule has 0 heterocycles. The Morgan fingerprint density at radius 3 is 2.04 bits per heavy atom. The first-order valence-electron chi connectivity index (χ1n) is 8.01. The van der Waals surface area contributed by atoms with Gasteiger partial charge < -0.3 is 25.0 Å². The molecule has 2 rings (SSSR count). The SMILES string of the molecule is COC(=O)c1ccc(C(=O)OC)c(NC(=O)Nc2ccc(N(C)C)cc2)c1. The summed E-state index contributed by atoms with van der Waals surface area (Å²) in [5.41, 5.74) is 1.99. The zero-order valence-corrected chi connectivity index (χ0v) is 15.5. The molecule has 0 aliphatic carbocycles. The number of benzene rings is 2. The van der Waals surface area contributed by atoms with Crippen LogP contribution in [0.1, 0.15) is 20.7 Å². The number of urea groups is 1. The molecule has 8 nitrogen and oxygen atoms in total. The van der Waals surface area contributed by atoms with Gasteiger partial charge in [0.1, 0.15) is 0 Å². The minimum Gasteiger partial charge on any atom is -0.465 e. The van der Waals surface area contributed by atoms with Gasteiger partial charge in [-0.15, -0.1) is 0 Å². The molecule has 27 heavy (non-hydrogen) atoms. The van der Waals surface area contributed by atoms with Crippen LogP contribution >= 0.6 is 0 Å². The van der Waals surface area contributed by atoms with Crippen LogP contribution in [0.15, 0.2) is 42.5 Å². The van der Waals surface area contributed by atoms with Crippen LogP contribution in [0.2, 0.25) is 0 Å². The summed E-state index contributed by atoms with van der Waals surface area (Å²) in [5.74, 6) is -1.23. The standard InChI is InChI=1S/C19H21N3O5/c1-22(2)14-8-6-13(7-9-14)20-19(25)21-16-11-12(17(23)26-3)5-10-15(16)18(24)27-4/h5-11H,1-4H3,(H2,20,21,25). The zero-order valence-electron chi connectivity index (χ0n) is 15.5. The molecule has 0 saturated heterocycles. The minimum absolute atomic E-state index is 0.114. The smallest absolute Gasteiger partial charge is 0.339 e. The molecular formula is C19H21N3O5. The minimum atomic E-state index is -0.642. The van der Waals surface area contributed by atoms with Crippen LogP contribution in [0.3, 0.4) is 0 Å². The molecule has 8 heteroatoms. The third-order valence-electron chi connectivity index (χ3n) is 3.74. The average Bonchev–Trinajstić information content (AvgIpc) is 2.67. The molecular weight excluding hydrogens is 350 g/mol.